The molecule has 1 amide bonds. The maximum atomic E-state index is 12.4. The molecular formula is C22H24N4O3S. The monoisotopic (exact) mass is 424 g/mol. The predicted octanol–water partition coefficient (Wildman–Crippen LogP) is 3.64. The summed E-state index contributed by atoms with van der Waals surface area (Å²) in [7, 11) is -3.19. The summed E-state index contributed by atoms with van der Waals surface area (Å²) in [5.74, 6) is 0.452. The number of rotatable bonds is 6. The first-order valence-corrected chi connectivity index (χ1v) is 11.6. The molecule has 0 unspecified atom stereocenters. The minimum Gasteiger partial charge on any atom is -0.310 e. The topological polar surface area (TPSA) is 84.3 Å². The van der Waals surface area contributed by atoms with Crippen LogP contribution in [0.2, 0.25) is 0 Å². The van der Waals surface area contributed by atoms with Crippen molar-refractivity contribution in [3.8, 4) is 0 Å². The second-order valence-corrected chi connectivity index (χ2v) is 9.24. The summed E-state index contributed by atoms with van der Waals surface area (Å²) in [6.07, 6.45) is 4.73. The van der Waals surface area contributed by atoms with E-state index in [1.165, 1.54) is 10.4 Å². The van der Waals surface area contributed by atoms with Crippen LogP contribution >= 0.6 is 0 Å². The maximum Gasteiger partial charge on any atom is 0.250 e. The van der Waals surface area contributed by atoms with Gasteiger partial charge in [-0.1, -0.05) is 31.2 Å². The van der Waals surface area contributed by atoms with E-state index >= 15 is 0 Å². The van der Waals surface area contributed by atoms with Gasteiger partial charge in [-0.25, -0.2) is 13.4 Å². The summed E-state index contributed by atoms with van der Waals surface area (Å²) >= 11 is 0. The summed E-state index contributed by atoms with van der Waals surface area (Å²) in [6.45, 7) is 3.36. The first-order valence-electron chi connectivity index (χ1n) is 10.0. The number of aryl methyl sites for hydroxylation is 1. The zero-order valence-electron chi connectivity index (χ0n) is 16.8. The van der Waals surface area contributed by atoms with Gasteiger partial charge in [-0.05, 0) is 48.7 Å². The summed E-state index contributed by atoms with van der Waals surface area (Å²) in [4.78, 5) is 17.0. The molecule has 3 aromatic rings. The molecule has 0 atom stereocenters. The third-order valence-electron chi connectivity index (χ3n) is 5.04. The number of imidazole rings is 1. The number of anilines is 2. The van der Waals surface area contributed by atoms with Gasteiger partial charge in [0, 0.05) is 19.2 Å². The largest absolute Gasteiger partial charge is 0.310 e. The Morgan fingerprint density at radius 1 is 1.17 bits per heavy atom. The number of fused-ring (bicyclic) bond motifs is 1. The van der Waals surface area contributed by atoms with Gasteiger partial charge in [0.15, 0.2) is 0 Å². The first-order chi connectivity index (χ1) is 14.5. The van der Waals surface area contributed by atoms with Gasteiger partial charge in [0.05, 0.1) is 22.5 Å². The van der Waals surface area contributed by atoms with E-state index in [2.05, 4.69) is 17.2 Å². The molecule has 1 aliphatic heterocycles. The summed E-state index contributed by atoms with van der Waals surface area (Å²) < 4.78 is 27.5. The van der Waals surface area contributed by atoms with Crippen LogP contribution in [0.3, 0.4) is 0 Å². The normalized spacial score (nSPS) is 15.8. The average Bonchev–Trinajstić information content (AvgIpc) is 3.26. The number of sulfonamides is 1. The zero-order chi connectivity index (χ0) is 21.1. The summed E-state index contributed by atoms with van der Waals surface area (Å²) in [5, 5.41) is 2.86. The van der Waals surface area contributed by atoms with Crippen LogP contribution < -0.4 is 9.62 Å². The van der Waals surface area contributed by atoms with Gasteiger partial charge in [0.2, 0.25) is 16.0 Å². The number of benzene rings is 2. The molecular weight excluding hydrogens is 400 g/mol. The van der Waals surface area contributed by atoms with Gasteiger partial charge in [-0.3, -0.25) is 14.4 Å². The molecule has 2 aromatic carbocycles. The molecule has 156 valence electrons. The lowest BCUT2D eigenvalue weighted by Gasteiger charge is -2.16. The van der Waals surface area contributed by atoms with Gasteiger partial charge >= 0.3 is 0 Å². The average molecular weight is 425 g/mol. The lowest BCUT2D eigenvalue weighted by Crippen LogP contribution is -2.24. The number of amides is 1. The molecule has 0 saturated carbocycles. The molecule has 1 N–H and O–H groups in total. The fourth-order valence-electron chi connectivity index (χ4n) is 3.63. The minimum absolute atomic E-state index is 0.192. The van der Waals surface area contributed by atoms with Crippen LogP contribution in [0.25, 0.3) is 17.1 Å². The van der Waals surface area contributed by atoms with Crippen molar-refractivity contribution in [1.29, 1.82) is 0 Å². The van der Waals surface area contributed by atoms with Crippen molar-refractivity contribution in [1.82, 2.24) is 9.55 Å². The van der Waals surface area contributed by atoms with Gasteiger partial charge in [0.25, 0.3) is 5.91 Å². The Morgan fingerprint density at radius 2 is 1.93 bits per heavy atom. The molecule has 0 radical (unpaired) electrons. The Hall–Kier alpha value is -3.13. The Bertz CT molecular complexity index is 1200. The number of aromatic nitrogens is 2. The number of hydrogen-bond acceptors (Lipinski definition) is 4. The Morgan fingerprint density at radius 3 is 2.63 bits per heavy atom. The van der Waals surface area contributed by atoms with E-state index in [4.69, 9.17) is 0 Å². The van der Waals surface area contributed by atoms with Crippen LogP contribution in [-0.4, -0.2) is 36.2 Å². The summed E-state index contributed by atoms with van der Waals surface area (Å²) in [6, 6.07) is 14.9. The number of nitrogens with zero attached hydrogens (tertiary/aromatic N) is 3. The fraction of sp³-hybridized carbons (Fsp3) is 0.273. The standard InChI is InChI=1S/C22H24N4O3S/c1-2-14-25-20-7-4-3-6-19(20)23-22(25)24-21(27)13-10-17-8-11-18(12-9-17)26-15-5-16-30(26,28)29/h3-4,6-13H,2,5,14-16H2,1H3,(H,23,24,27)/b13-10+. The van der Waals surface area contributed by atoms with Crippen molar-refractivity contribution >= 4 is 44.7 Å². The molecule has 30 heavy (non-hydrogen) atoms. The van der Waals surface area contributed by atoms with E-state index in [-0.39, 0.29) is 11.7 Å². The molecule has 1 aromatic heterocycles. The van der Waals surface area contributed by atoms with Gasteiger partial charge in [0.1, 0.15) is 0 Å². The predicted molar refractivity (Wildman–Crippen MR) is 120 cm³/mol. The van der Waals surface area contributed by atoms with E-state index in [1.54, 1.807) is 30.3 Å². The third kappa shape index (κ3) is 4.09. The van der Waals surface area contributed by atoms with Crippen molar-refractivity contribution in [3.63, 3.8) is 0 Å². The quantitative estimate of drug-likeness (QED) is 0.613. The second kappa shape index (κ2) is 8.31. The molecule has 1 fully saturated rings. The highest BCUT2D eigenvalue weighted by Crippen LogP contribution is 2.24. The number of nitrogens with one attached hydrogen (secondary N) is 1. The SMILES string of the molecule is CCCn1c(NC(=O)/C=C/c2ccc(N3CCCS3(=O)=O)cc2)nc2ccccc21. The van der Waals surface area contributed by atoms with Gasteiger partial charge < -0.3 is 4.57 Å². The minimum atomic E-state index is -3.19. The first kappa shape index (κ1) is 20.2. The number of para-hydroxylation sites is 2. The van der Waals surface area contributed by atoms with Crippen molar-refractivity contribution in [2.75, 3.05) is 21.9 Å². The summed E-state index contributed by atoms with van der Waals surface area (Å²) in [5.41, 5.74) is 3.30. The van der Waals surface area contributed by atoms with Crippen molar-refractivity contribution in [2.45, 2.75) is 26.3 Å². The molecule has 7 nitrogen and oxygen atoms in total. The molecule has 8 heteroatoms. The van der Waals surface area contributed by atoms with Crippen LogP contribution in [0.4, 0.5) is 11.6 Å². The Kier molecular flexibility index (Phi) is 5.59. The van der Waals surface area contributed by atoms with Crippen LogP contribution in [0.5, 0.6) is 0 Å². The van der Waals surface area contributed by atoms with Crippen LogP contribution in [0.15, 0.2) is 54.6 Å². The van der Waals surface area contributed by atoms with Crippen molar-refractivity contribution < 1.29 is 13.2 Å². The molecule has 1 saturated heterocycles. The van der Waals surface area contributed by atoms with Crippen LogP contribution in [-0.2, 0) is 21.4 Å². The van der Waals surface area contributed by atoms with E-state index < -0.39 is 10.0 Å². The molecule has 1 aliphatic rings. The van der Waals surface area contributed by atoms with Crippen molar-refractivity contribution in [2.24, 2.45) is 0 Å². The fourth-order valence-corrected chi connectivity index (χ4v) is 5.19. The van der Waals surface area contributed by atoms with Crippen LogP contribution in [0.1, 0.15) is 25.3 Å². The molecule has 0 aliphatic carbocycles. The van der Waals surface area contributed by atoms with Crippen molar-refractivity contribution in [3.05, 3.63) is 60.2 Å². The van der Waals surface area contributed by atoms with Gasteiger partial charge in [-0.2, -0.15) is 0 Å². The smallest absolute Gasteiger partial charge is 0.250 e. The van der Waals surface area contributed by atoms with Crippen LogP contribution in [0, 0.1) is 0 Å². The number of carbonyl (C=O) groups is 1. The Balaban J connectivity index is 1.47. The maximum absolute atomic E-state index is 12.4. The van der Waals surface area contributed by atoms with E-state index in [1.807, 2.05) is 28.8 Å². The Labute approximate surface area is 176 Å². The molecule has 0 spiro atoms. The van der Waals surface area contributed by atoms with E-state index in [0.29, 0.717) is 24.6 Å². The lowest BCUT2D eigenvalue weighted by atomic mass is 10.2. The number of hydrogen-bond donors (Lipinski definition) is 1. The van der Waals surface area contributed by atoms with Gasteiger partial charge in [-0.15, -0.1) is 0 Å². The van der Waals surface area contributed by atoms with E-state index in [0.717, 1.165) is 29.6 Å². The lowest BCUT2D eigenvalue weighted by molar-refractivity contribution is -0.111. The zero-order valence-corrected chi connectivity index (χ0v) is 17.6. The highest BCUT2D eigenvalue weighted by atomic mass is 32.2. The third-order valence-corrected chi connectivity index (χ3v) is 6.91. The molecule has 0 bridgehead atoms. The molecule has 4 rings (SSSR count). The highest BCUT2D eigenvalue weighted by Gasteiger charge is 2.28. The van der Waals surface area contributed by atoms with E-state index in [9.17, 15) is 13.2 Å². The highest BCUT2D eigenvalue weighted by molar-refractivity contribution is 7.93. The number of carbonyl (C=O) groups excluding carboxylic acids is 1. The molecule has 2 heterocycles. The second-order valence-electron chi connectivity index (χ2n) is 7.23.